The minimum Gasteiger partial charge on any atom is -0.394 e. The Labute approximate surface area is 99.2 Å². The number of aliphatic hydroxyl groups excluding tert-OH is 3. The highest BCUT2D eigenvalue weighted by Gasteiger charge is 2.35. The molecule has 1 aromatic rings. The number of rotatable bonds is 3. The van der Waals surface area contributed by atoms with E-state index in [0.29, 0.717) is 0 Å². The first-order valence-corrected chi connectivity index (χ1v) is 5.51. The van der Waals surface area contributed by atoms with E-state index >= 15 is 0 Å². The Kier molecular flexibility index (Phi) is 4.09. The molecule has 0 bridgehead atoms. The molecule has 0 radical (unpaired) electrons. The third kappa shape index (κ3) is 2.83. The molecule has 3 N–H and O–H groups in total. The Morgan fingerprint density at radius 3 is 2.65 bits per heavy atom. The predicted octanol–water partition coefficient (Wildman–Crippen LogP) is -0.185. The van der Waals surface area contributed by atoms with E-state index in [9.17, 15) is 10.2 Å². The van der Waals surface area contributed by atoms with E-state index in [1.165, 1.54) is 0 Å². The molecule has 2 rings (SSSR count). The van der Waals surface area contributed by atoms with Crippen molar-refractivity contribution < 1.29 is 24.8 Å². The van der Waals surface area contributed by atoms with Gasteiger partial charge in [0.05, 0.1) is 13.2 Å². The van der Waals surface area contributed by atoms with Crippen molar-refractivity contribution in [1.82, 2.24) is 0 Å². The fraction of sp³-hybridized carbons (Fsp3) is 0.500. The Bertz CT molecular complexity index is 338. The summed E-state index contributed by atoms with van der Waals surface area (Å²) in [4.78, 5) is 0. The molecule has 1 aromatic carbocycles. The summed E-state index contributed by atoms with van der Waals surface area (Å²) in [5, 5.41) is 28.0. The van der Waals surface area contributed by atoms with E-state index in [2.05, 4.69) is 0 Å². The highest BCUT2D eigenvalue weighted by atomic mass is 16.7. The van der Waals surface area contributed by atoms with Crippen LogP contribution in [0, 0.1) is 0 Å². The van der Waals surface area contributed by atoms with Crippen LogP contribution in [0.3, 0.4) is 0 Å². The lowest BCUT2D eigenvalue weighted by Gasteiger charge is -2.36. The van der Waals surface area contributed by atoms with Crippen molar-refractivity contribution in [2.45, 2.75) is 24.6 Å². The molecule has 0 amide bonds. The van der Waals surface area contributed by atoms with Crippen LogP contribution in [-0.4, -0.2) is 46.8 Å². The van der Waals surface area contributed by atoms with Crippen LogP contribution in [0.2, 0.25) is 0 Å². The molecule has 1 fully saturated rings. The summed E-state index contributed by atoms with van der Waals surface area (Å²) in [5.41, 5.74) is 0.814. The zero-order chi connectivity index (χ0) is 12.3. The number of ether oxygens (including phenoxy) is 2. The molecule has 4 atom stereocenters. The van der Waals surface area contributed by atoms with Crippen molar-refractivity contribution in [3.05, 3.63) is 35.9 Å². The SMILES string of the molecule is OC[C@@H](O)C1O[C@@H](c2ccccc2)OC[C@H]1O. The molecular formula is C12H16O5. The van der Waals surface area contributed by atoms with E-state index in [4.69, 9.17) is 14.6 Å². The van der Waals surface area contributed by atoms with Gasteiger partial charge in [-0.2, -0.15) is 0 Å². The Balaban J connectivity index is 2.08. The summed E-state index contributed by atoms with van der Waals surface area (Å²) >= 11 is 0. The molecule has 1 unspecified atom stereocenters. The van der Waals surface area contributed by atoms with Gasteiger partial charge in [0.15, 0.2) is 6.29 Å². The van der Waals surface area contributed by atoms with Crippen molar-refractivity contribution in [1.29, 1.82) is 0 Å². The van der Waals surface area contributed by atoms with Crippen LogP contribution >= 0.6 is 0 Å². The second-order valence-corrected chi connectivity index (χ2v) is 3.99. The summed E-state index contributed by atoms with van der Waals surface area (Å²) in [6, 6.07) is 9.26. The number of aliphatic hydroxyl groups is 3. The Hall–Kier alpha value is -0.980. The summed E-state index contributed by atoms with van der Waals surface area (Å²) in [6.07, 6.45) is -3.50. The monoisotopic (exact) mass is 240 g/mol. The standard InChI is InChI=1S/C12H16O5/c13-6-9(14)11-10(15)7-16-12(17-11)8-4-2-1-3-5-8/h1-5,9-15H,6-7H2/t9-,10-,11?,12+/m1/s1. The van der Waals surface area contributed by atoms with Crippen molar-refractivity contribution in [3.8, 4) is 0 Å². The molecule has 5 nitrogen and oxygen atoms in total. The summed E-state index contributed by atoms with van der Waals surface area (Å²) in [5.74, 6) is 0. The molecule has 1 aliphatic rings. The van der Waals surface area contributed by atoms with Crippen molar-refractivity contribution >= 4 is 0 Å². The number of benzene rings is 1. The zero-order valence-electron chi connectivity index (χ0n) is 9.27. The van der Waals surface area contributed by atoms with Gasteiger partial charge < -0.3 is 24.8 Å². The fourth-order valence-corrected chi connectivity index (χ4v) is 1.79. The van der Waals surface area contributed by atoms with Crippen LogP contribution in [0.1, 0.15) is 11.9 Å². The maximum absolute atomic E-state index is 9.61. The first kappa shape index (κ1) is 12.5. The molecule has 94 valence electrons. The lowest BCUT2D eigenvalue weighted by atomic mass is 10.1. The van der Waals surface area contributed by atoms with Crippen LogP contribution in [0.5, 0.6) is 0 Å². The largest absolute Gasteiger partial charge is 0.394 e. The van der Waals surface area contributed by atoms with Gasteiger partial charge in [0, 0.05) is 5.56 Å². The van der Waals surface area contributed by atoms with Crippen molar-refractivity contribution in [3.63, 3.8) is 0 Å². The smallest absolute Gasteiger partial charge is 0.184 e. The van der Waals surface area contributed by atoms with Crippen molar-refractivity contribution in [2.24, 2.45) is 0 Å². The van der Waals surface area contributed by atoms with Gasteiger partial charge in [-0.25, -0.2) is 0 Å². The van der Waals surface area contributed by atoms with Crippen LogP contribution in [0.25, 0.3) is 0 Å². The van der Waals surface area contributed by atoms with Gasteiger partial charge in [0.25, 0.3) is 0 Å². The van der Waals surface area contributed by atoms with Crippen LogP contribution in [-0.2, 0) is 9.47 Å². The van der Waals surface area contributed by atoms with E-state index in [-0.39, 0.29) is 6.61 Å². The fourth-order valence-electron chi connectivity index (χ4n) is 1.79. The first-order valence-electron chi connectivity index (χ1n) is 5.51. The Morgan fingerprint density at radius 1 is 1.29 bits per heavy atom. The molecule has 1 aliphatic heterocycles. The Morgan fingerprint density at radius 2 is 2.00 bits per heavy atom. The molecule has 1 heterocycles. The third-order valence-corrected chi connectivity index (χ3v) is 2.72. The van der Waals surface area contributed by atoms with E-state index < -0.39 is 31.2 Å². The quantitative estimate of drug-likeness (QED) is 0.682. The molecule has 1 saturated heterocycles. The minimum atomic E-state index is -1.11. The molecule has 17 heavy (non-hydrogen) atoms. The molecule has 0 saturated carbocycles. The third-order valence-electron chi connectivity index (χ3n) is 2.72. The lowest BCUT2D eigenvalue weighted by molar-refractivity contribution is -0.277. The second-order valence-electron chi connectivity index (χ2n) is 3.99. The van der Waals surface area contributed by atoms with Crippen LogP contribution in [0.4, 0.5) is 0 Å². The highest BCUT2D eigenvalue weighted by Crippen LogP contribution is 2.27. The lowest BCUT2D eigenvalue weighted by Crippen LogP contribution is -2.48. The van der Waals surface area contributed by atoms with E-state index in [1.807, 2.05) is 30.3 Å². The number of hydrogen-bond donors (Lipinski definition) is 3. The highest BCUT2D eigenvalue weighted by molar-refractivity contribution is 5.16. The summed E-state index contributed by atoms with van der Waals surface area (Å²) < 4.78 is 10.8. The topological polar surface area (TPSA) is 79.2 Å². The van der Waals surface area contributed by atoms with Crippen molar-refractivity contribution in [2.75, 3.05) is 13.2 Å². The summed E-state index contributed by atoms with van der Waals surface area (Å²) in [7, 11) is 0. The van der Waals surface area contributed by atoms with Gasteiger partial charge in [0.1, 0.15) is 18.3 Å². The van der Waals surface area contributed by atoms with Gasteiger partial charge in [-0.3, -0.25) is 0 Å². The normalized spacial score (nSPS) is 31.1. The number of hydrogen-bond acceptors (Lipinski definition) is 5. The van der Waals surface area contributed by atoms with E-state index in [0.717, 1.165) is 5.56 Å². The van der Waals surface area contributed by atoms with Gasteiger partial charge in [-0.15, -0.1) is 0 Å². The van der Waals surface area contributed by atoms with Gasteiger partial charge in [-0.05, 0) is 0 Å². The van der Waals surface area contributed by atoms with Crippen LogP contribution < -0.4 is 0 Å². The van der Waals surface area contributed by atoms with Gasteiger partial charge >= 0.3 is 0 Å². The first-order chi connectivity index (χ1) is 8.22. The van der Waals surface area contributed by atoms with Gasteiger partial charge in [0.2, 0.25) is 0 Å². The zero-order valence-corrected chi connectivity index (χ0v) is 9.27. The van der Waals surface area contributed by atoms with Crippen LogP contribution in [0.15, 0.2) is 30.3 Å². The average molecular weight is 240 g/mol. The predicted molar refractivity (Wildman–Crippen MR) is 59.1 cm³/mol. The van der Waals surface area contributed by atoms with E-state index in [1.54, 1.807) is 0 Å². The maximum atomic E-state index is 9.61. The molecule has 0 aliphatic carbocycles. The summed E-state index contributed by atoms with van der Waals surface area (Å²) in [6.45, 7) is -0.384. The molecule has 0 spiro atoms. The molecule has 5 heteroatoms. The average Bonchev–Trinajstić information content (AvgIpc) is 2.39. The molecule has 0 aromatic heterocycles. The van der Waals surface area contributed by atoms with Gasteiger partial charge in [-0.1, -0.05) is 30.3 Å². The second kappa shape index (κ2) is 5.57. The maximum Gasteiger partial charge on any atom is 0.184 e. The minimum absolute atomic E-state index is 0.0707. The molecular weight excluding hydrogens is 224 g/mol.